The van der Waals surface area contributed by atoms with Crippen molar-refractivity contribution in [3.8, 4) is 0 Å². The molecule has 0 fully saturated rings. The number of H-pyrrole nitrogens is 2. The second kappa shape index (κ2) is 7.56. The predicted octanol–water partition coefficient (Wildman–Crippen LogP) is 5.08. The van der Waals surface area contributed by atoms with Gasteiger partial charge in [-0.15, -0.1) is 11.3 Å². The molecule has 0 spiro atoms. The van der Waals surface area contributed by atoms with Crippen LogP contribution < -0.4 is 5.56 Å². The molecule has 144 valence electrons. The summed E-state index contributed by atoms with van der Waals surface area (Å²) in [6.07, 6.45) is 0.799. The molecule has 0 bridgehead atoms. The quantitative estimate of drug-likeness (QED) is 0.450. The Labute approximate surface area is 171 Å². The molecule has 0 aliphatic carbocycles. The third-order valence-electron chi connectivity index (χ3n) is 4.91. The molecule has 28 heavy (non-hydrogen) atoms. The highest BCUT2D eigenvalue weighted by molar-refractivity contribution is 7.99. The zero-order valence-corrected chi connectivity index (χ0v) is 17.9. The fourth-order valence-corrected chi connectivity index (χ4v) is 5.14. The first-order chi connectivity index (χ1) is 13.4. The summed E-state index contributed by atoms with van der Waals surface area (Å²) in [7, 11) is 0. The van der Waals surface area contributed by atoms with E-state index < -0.39 is 0 Å². The molecule has 0 aliphatic heterocycles. The fourth-order valence-electron chi connectivity index (χ4n) is 3.17. The lowest BCUT2D eigenvalue weighted by atomic mass is 10.1. The van der Waals surface area contributed by atoms with Gasteiger partial charge in [-0.2, -0.15) is 0 Å². The SMILES string of the molecule is Cc1[nH]c(S[C@H](C)c2nc3sc(C)c(C)c3c(=O)[nH]2)nc1Cc1ccccc1. The van der Waals surface area contributed by atoms with Crippen molar-refractivity contribution in [2.75, 3.05) is 0 Å². The Kier molecular flexibility index (Phi) is 5.12. The van der Waals surface area contributed by atoms with Gasteiger partial charge in [-0.1, -0.05) is 42.1 Å². The van der Waals surface area contributed by atoms with Crippen LogP contribution >= 0.6 is 23.1 Å². The third-order valence-corrected chi connectivity index (χ3v) is 7.00. The summed E-state index contributed by atoms with van der Waals surface area (Å²) in [5.41, 5.74) is 4.31. The number of thioether (sulfide) groups is 1. The van der Waals surface area contributed by atoms with Crippen LogP contribution in [0.4, 0.5) is 0 Å². The molecular weight excluding hydrogens is 388 g/mol. The molecular formula is C21H22N4OS2. The van der Waals surface area contributed by atoms with E-state index in [-0.39, 0.29) is 10.8 Å². The summed E-state index contributed by atoms with van der Waals surface area (Å²) in [5.74, 6) is 0.683. The van der Waals surface area contributed by atoms with Crippen molar-refractivity contribution >= 4 is 33.3 Å². The predicted molar refractivity (Wildman–Crippen MR) is 117 cm³/mol. The molecule has 0 saturated heterocycles. The Balaban J connectivity index is 1.57. The van der Waals surface area contributed by atoms with Gasteiger partial charge < -0.3 is 9.97 Å². The summed E-state index contributed by atoms with van der Waals surface area (Å²) >= 11 is 3.15. The van der Waals surface area contributed by atoms with E-state index in [1.807, 2.05) is 45.9 Å². The smallest absolute Gasteiger partial charge is 0.259 e. The summed E-state index contributed by atoms with van der Waals surface area (Å²) in [6, 6.07) is 10.3. The van der Waals surface area contributed by atoms with Crippen LogP contribution in [0.15, 0.2) is 40.3 Å². The maximum absolute atomic E-state index is 12.5. The topological polar surface area (TPSA) is 74.4 Å². The van der Waals surface area contributed by atoms with E-state index in [0.29, 0.717) is 11.2 Å². The van der Waals surface area contributed by atoms with E-state index in [1.165, 1.54) is 5.56 Å². The van der Waals surface area contributed by atoms with Gasteiger partial charge in [0.2, 0.25) is 0 Å². The standard InChI is InChI=1S/C21H22N4OS2/c1-11-13(3)27-20-17(11)19(26)24-18(25-20)14(4)28-21-22-12(2)16(23-21)10-15-8-6-5-7-9-15/h5-9,14H,10H2,1-4H3,(H,22,23)(H,24,25,26)/t14-/m1/s1. The van der Waals surface area contributed by atoms with E-state index in [1.54, 1.807) is 23.1 Å². The van der Waals surface area contributed by atoms with Crippen molar-refractivity contribution in [1.29, 1.82) is 0 Å². The van der Waals surface area contributed by atoms with Crippen molar-refractivity contribution in [3.63, 3.8) is 0 Å². The van der Waals surface area contributed by atoms with Crippen molar-refractivity contribution in [1.82, 2.24) is 19.9 Å². The zero-order chi connectivity index (χ0) is 19.8. The van der Waals surface area contributed by atoms with Gasteiger partial charge in [0, 0.05) is 17.0 Å². The average molecular weight is 411 g/mol. The molecule has 4 aromatic rings. The van der Waals surface area contributed by atoms with E-state index in [2.05, 4.69) is 22.1 Å². The van der Waals surface area contributed by atoms with Crippen LogP contribution in [0, 0.1) is 20.8 Å². The second-order valence-corrected chi connectivity index (χ2v) is 9.48. The first-order valence-corrected chi connectivity index (χ1v) is 10.9. The Morgan fingerprint density at radius 3 is 2.61 bits per heavy atom. The number of aromatic amines is 2. The first kappa shape index (κ1) is 19.0. The lowest BCUT2D eigenvalue weighted by Gasteiger charge is -2.08. The third kappa shape index (κ3) is 3.64. The van der Waals surface area contributed by atoms with Crippen LogP contribution in [0.2, 0.25) is 0 Å². The van der Waals surface area contributed by atoms with Crippen LogP contribution in [0.3, 0.4) is 0 Å². The van der Waals surface area contributed by atoms with Gasteiger partial charge in [0.15, 0.2) is 5.16 Å². The number of aromatic nitrogens is 4. The number of rotatable bonds is 5. The first-order valence-electron chi connectivity index (χ1n) is 9.18. The molecule has 2 N–H and O–H groups in total. The highest BCUT2D eigenvalue weighted by Gasteiger charge is 2.18. The molecule has 0 aliphatic rings. The minimum Gasteiger partial charge on any atom is -0.337 e. The monoisotopic (exact) mass is 410 g/mol. The summed E-state index contributed by atoms with van der Waals surface area (Å²) in [4.78, 5) is 30.3. The van der Waals surface area contributed by atoms with Gasteiger partial charge in [0.25, 0.3) is 5.56 Å². The summed E-state index contributed by atoms with van der Waals surface area (Å²) in [6.45, 7) is 8.09. The molecule has 0 amide bonds. The largest absolute Gasteiger partial charge is 0.337 e. The van der Waals surface area contributed by atoms with Gasteiger partial charge in [-0.25, -0.2) is 9.97 Å². The highest BCUT2D eigenvalue weighted by atomic mass is 32.2. The summed E-state index contributed by atoms with van der Waals surface area (Å²) in [5, 5.41) is 1.54. The van der Waals surface area contributed by atoms with Crippen LogP contribution in [0.1, 0.15) is 45.4 Å². The number of benzene rings is 1. The molecule has 0 radical (unpaired) electrons. The Morgan fingerprint density at radius 1 is 1.11 bits per heavy atom. The number of thiophene rings is 1. The minimum atomic E-state index is -0.0605. The molecule has 3 heterocycles. The van der Waals surface area contributed by atoms with E-state index in [0.717, 1.165) is 38.2 Å². The van der Waals surface area contributed by atoms with Gasteiger partial charge in [0.1, 0.15) is 10.7 Å². The fraction of sp³-hybridized carbons (Fsp3) is 0.286. The number of hydrogen-bond donors (Lipinski definition) is 2. The number of imidazole rings is 1. The number of nitrogens with zero attached hydrogens (tertiary/aromatic N) is 2. The van der Waals surface area contributed by atoms with Gasteiger partial charge in [-0.05, 0) is 38.8 Å². The zero-order valence-electron chi connectivity index (χ0n) is 16.3. The Morgan fingerprint density at radius 2 is 1.86 bits per heavy atom. The van der Waals surface area contributed by atoms with Crippen molar-refractivity contribution in [3.05, 3.63) is 73.9 Å². The van der Waals surface area contributed by atoms with E-state index in [4.69, 9.17) is 9.97 Å². The molecule has 1 aromatic carbocycles. The maximum atomic E-state index is 12.5. The van der Waals surface area contributed by atoms with Crippen LogP contribution in [0.5, 0.6) is 0 Å². The van der Waals surface area contributed by atoms with Crippen molar-refractivity contribution < 1.29 is 0 Å². The normalized spacial score (nSPS) is 12.6. The van der Waals surface area contributed by atoms with E-state index in [9.17, 15) is 4.79 Å². The second-order valence-electron chi connectivity index (χ2n) is 6.95. The maximum Gasteiger partial charge on any atom is 0.259 e. The minimum absolute atomic E-state index is 0.0186. The lowest BCUT2D eigenvalue weighted by Crippen LogP contribution is -2.12. The van der Waals surface area contributed by atoms with E-state index >= 15 is 0 Å². The molecule has 0 saturated carbocycles. The van der Waals surface area contributed by atoms with Gasteiger partial charge >= 0.3 is 0 Å². The van der Waals surface area contributed by atoms with Crippen molar-refractivity contribution in [2.45, 2.75) is 44.5 Å². The molecule has 3 aromatic heterocycles. The lowest BCUT2D eigenvalue weighted by molar-refractivity contribution is 0.911. The highest BCUT2D eigenvalue weighted by Crippen LogP contribution is 2.33. The number of aryl methyl sites for hydroxylation is 3. The molecule has 1 atom stereocenters. The molecule has 7 heteroatoms. The molecule has 5 nitrogen and oxygen atoms in total. The van der Waals surface area contributed by atoms with Crippen molar-refractivity contribution in [2.24, 2.45) is 0 Å². The number of nitrogens with one attached hydrogen (secondary N) is 2. The average Bonchev–Trinajstić information content (AvgIpc) is 3.15. The van der Waals surface area contributed by atoms with Gasteiger partial charge in [0.05, 0.1) is 16.3 Å². The van der Waals surface area contributed by atoms with Gasteiger partial charge in [-0.3, -0.25) is 4.79 Å². The number of hydrogen-bond acceptors (Lipinski definition) is 5. The Bertz CT molecular complexity index is 1190. The van der Waals surface area contributed by atoms with Crippen LogP contribution in [0.25, 0.3) is 10.2 Å². The summed E-state index contributed by atoms with van der Waals surface area (Å²) < 4.78 is 0. The molecule has 4 rings (SSSR count). The van der Waals surface area contributed by atoms with Crippen LogP contribution in [-0.2, 0) is 6.42 Å². The molecule has 0 unspecified atom stereocenters. The number of fused-ring (bicyclic) bond motifs is 1. The van der Waals surface area contributed by atoms with Crippen LogP contribution in [-0.4, -0.2) is 19.9 Å². The Hall–Kier alpha value is -2.38.